The predicted molar refractivity (Wildman–Crippen MR) is 228 cm³/mol. The van der Waals surface area contributed by atoms with Crippen LogP contribution in [0.5, 0.6) is 0 Å². The number of benzene rings is 4. The zero-order valence-corrected chi connectivity index (χ0v) is 31.6. The van der Waals surface area contributed by atoms with E-state index < -0.39 is 0 Å². The van der Waals surface area contributed by atoms with Crippen LogP contribution in [0.2, 0.25) is 0 Å². The van der Waals surface area contributed by atoms with E-state index in [4.69, 9.17) is 20.7 Å². The molecule has 8 aromatic rings. The average molecular weight is 729 g/mol. The fraction of sp³-hybridized carbons (Fsp3) is 0.200. The van der Waals surface area contributed by atoms with Gasteiger partial charge in [-0.1, -0.05) is 109 Å². The first-order valence-electron chi connectivity index (χ1n) is 19.9. The molecule has 6 nitrogen and oxygen atoms in total. The van der Waals surface area contributed by atoms with Crippen molar-refractivity contribution in [3.63, 3.8) is 0 Å². The number of aromatic nitrogens is 4. The van der Waals surface area contributed by atoms with Crippen molar-refractivity contribution in [2.75, 3.05) is 6.54 Å². The van der Waals surface area contributed by atoms with Crippen molar-refractivity contribution in [3.05, 3.63) is 168 Å². The number of nitrogens with zero attached hydrogens (tertiary/aromatic N) is 4. The van der Waals surface area contributed by atoms with Crippen LogP contribution < -0.4 is 11.1 Å². The van der Waals surface area contributed by atoms with Crippen molar-refractivity contribution in [3.8, 4) is 44.8 Å². The molecule has 2 aliphatic rings. The molecule has 1 atom stereocenters. The largest absolute Gasteiger partial charge is 0.329 e. The van der Waals surface area contributed by atoms with Crippen LogP contribution in [0.1, 0.15) is 66.6 Å². The van der Waals surface area contributed by atoms with E-state index in [2.05, 4.69) is 132 Å². The molecule has 4 aromatic carbocycles. The second-order valence-corrected chi connectivity index (χ2v) is 15.6. The first-order chi connectivity index (χ1) is 27.6. The van der Waals surface area contributed by atoms with Gasteiger partial charge in [0, 0.05) is 75.2 Å². The molecule has 0 aliphatic heterocycles. The van der Waals surface area contributed by atoms with Crippen LogP contribution in [-0.4, -0.2) is 26.5 Å². The lowest BCUT2D eigenvalue weighted by molar-refractivity contribution is 0.164. The molecule has 1 unspecified atom stereocenters. The van der Waals surface area contributed by atoms with Crippen LogP contribution in [-0.2, 0) is 5.54 Å². The summed E-state index contributed by atoms with van der Waals surface area (Å²) in [6.45, 7) is 2.54. The van der Waals surface area contributed by atoms with E-state index in [-0.39, 0.29) is 11.6 Å². The molecule has 10 rings (SSSR count). The maximum Gasteiger partial charge on any atom is 0.0788 e. The Morgan fingerprint density at radius 1 is 0.643 bits per heavy atom. The topological polar surface area (TPSA) is 89.6 Å². The van der Waals surface area contributed by atoms with Crippen molar-refractivity contribution < 1.29 is 0 Å². The first kappa shape index (κ1) is 34.4. The van der Waals surface area contributed by atoms with Gasteiger partial charge in [0.2, 0.25) is 0 Å². The fourth-order valence-corrected chi connectivity index (χ4v) is 8.63. The molecule has 0 spiro atoms. The minimum atomic E-state index is -0.141. The second kappa shape index (κ2) is 14.2. The van der Waals surface area contributed by atoms with E-state index in [1.54, 1.807) is 0 Å². The van der Waals surface area contributed by atoms with Crippen LogP contribution in [0.4, 0.5) is 0 Å². The highest BCUT2D eigenvalue weighted by molar-refractivity contribution is 5.94. The summed E-state index contributed by atoms with van der Waals surface area (Å²) in [6, 6.07) is 47.7. The van der Waals surface area contributed by atoms with Gasteiger partial charge in [0.1, 0.15) is 0 Å². The fourth-order valence-electron chi connectivity index (χ4n) is 8.63. The number of rotatable bonds is 10. The smallest absolute Gasteiger partial charge is 0.0788 e. The van der Waals surface area contributed by atoms with Crippen molar-refractivity contribution >= 4 is 21.8 Å². The standard InChI is InChI=1S/C50H44N6/c1-32-40-29-41(33-9-4-2-5-10-33)48(54-44(40)23-27-52-32)37-15-13-35(14-16-37)46(31-51)56-50(25-8-26-50)39-21-19-38(20-22-39)49-42(34-11-6-3-7-12-34)30-43-45(55-49)24-28-53-47(43)36-17-18-36/h2-7,9-16,19-24,27-30,36,46,56H,8,17-18,25-26,31,51H2,1H3. The summed E-state index contributed by atoms with van der Waals surface area (Å²) in [6.07, 6.45) is 9.49. The van der Waals surface area contributed by atoms with E-state index in [0.29, 0.717) is 12.5 Å². The molecule has 2 saturated carbocycles. The predicted octanol–water partition coefficient (Wildman–Crippen LogP) is 11.1. The van der Waals surface area contributed by atoms with Crippen LogP contribution in [0.15, 0.2) is 146 Å². The summed E-state index contributed by atoms with van der Waals surface area (Å²) in [5, 5.41) is 6.29. The number of nitrogens with two attached hydrogens (primary N) is 1. The monoisotopic (exact) mass is 728 g/mol. The van der Waals surface area contributed by atoms with Gasteiger partial charge >= 0.3 is 0 Å². The molecule has 0 bridgehead atoms. The van der Waals surface area contributed by atoms with Gasteiger partial charge in [0.25, 0.3) is 0 Å². The van der Waals surface area contributed by atoms with Crippen LogP contribution in [0.25, 0.3) is 66.6 Å². The Morgan fingerprint density at radius 3 is 1.75 bits per heavy atom. The van der Waals surface area contributed by atoms with E-state index in [1.807, 2.05) is 31.5 Å². The van der Waals surface area contributed by atoms with Gasteiger partial charge in [-0.05, 0) is 85.5 Å². The Labute approximate surface area is 327 Å². The molecular formula is C50H44N6. The van der Waals surface area contributed by atoms with Crippen LogP contribution in [0.3, 0.4) is 0 Å². The van der Waals surface area contributed by atoms with E-state index in [9.17, 15) is 0 Å². The molecular weight excluding hydrogens is 685 g/mol. The number of aryl methyl sites for hydroxylation is 1. The van der Waals surface area contributed by atoms with Crippen LogP contribution in [0, 0.1) is 6.92 Å². The normalized spacial score (nSPS) is 15.5. The zero-order valence-electron chi connectivity index (χ0n) is 31.6. The second-order valence-electron chi connectivity index (χ2n) is 15.6. The Morgan fingerprint density at radius 2 is 1.20 bits per heavy atom. The lowest BCUT2D eigenvalue weighted by Crippen LogP contribution is -2.51. The Bertz CT molecular complexity index is 2680. The quantitative estimate of drug-likeness (QED) is 0.146. The third-order valence-electron chi connectivity index (χ3n) is 12.0. The summed E-state index contributed by atoms with van der Waals surface area (Å²) < 4.78 is 0. The molecule has 274 valence electrons. The Kier molecular flexibility index (Phi) is 8.73. The average Bonchev–Trinajstić information content (AvgIpc) is 4.09. The van der Waals surface area contributed by atoms with E-state index >= 15 is 0 Å². The summed E-state index contributed by atoms with van der Waals surface area (Å²) in [7, 11) is 0. The Hall–Kier alpha value is -6.08. The maximum atomic E-state index is 6.55. The first-order valence-corrected chi connectivity index (χ1v) is 19.9. The summed E-state index contributed by atoms with van der Waals surface area (Å²) in [5.41, 5.74) is 21.7. The van der Waals surface area contributed by atoms with E-state index in [0.717, 1.165) is 74.2 Å². The lowest BCUT2D eigenvalue weighted by atomic mass is 9.71. The highest BCUT2D eigenvalue weighted by atomic mass is 15.0. The SMILES string of the molecule is Cc1nccc2nc(-c3ccc(C(CN)NC4(c5ccc(-c6nc7ccnc(C8CC8)c7cc6-c6ccccc6)cc5)CCC4)cc3)c(-c3ccccc3)cc12. The molecule has 4 aromatic heterocycles. The Balaban J connectivity index is 0.954. The van der Waals surface area contributed by atoms with Gasteiger partial charge in [-0.2, -0.15) is 0 Å². The molecule has 2 aliphatic carbocycles. The number of hydrogen-bond donors (Lipinski definition) is 2. The lowest BCUT2D eigenvalue weighted by Gasteiger charge is -2.46. The number of pyridine rings is 4. The molecule has 0 amide bonds. The van der Waals surface area contributed by atoms with Crippen molar-refractivity contribution in [2.45, 2.75) is 56.5 Å². The van der Waals surface area contributed by atoms with Gasteiger partial charge in [0.15, 0.2) is 0 Å². The van der Waals surface area contributed by atoms with Crippen LogP contribution >= 0.6 is 0 Å². The van der Waals surface area contributed by atoms with Crippen molar-refractivity contribution in [1.82, 2.24) is 25.3 Å². The molecule has 2 fully saturated rings. The van der Waals surface area contributed by atoms with Crippen molar-refractivity contribution in [2.24, 2.45) is 5.73 Å². The molecule has 0 radical (unpaired) electrons. The number of fused-ring (bicyclic) bond motifs is 2. The minimum absolute atomic E-state index is 0.00276. The molecule has 4 heterocycles. The molecule has 56 heavy (non-hydrogen) atoms. The number of hydrogen-bond acceptors (Lipinski definition) is 6. The summed E-state index contributed by atoms with van der Waals surface area (Å²) in [5.74, 6) is 0.548. The van der Waals surface area contributed by atoms with E-state index in [1.165, 1.54) is 47.0 Å². The number of nitrogens with one attached hydrogen (secondary N) is 1. The van der Waals surface area contributed by atoms with Crippen molar-refractivity contribution in [1.29, 1.82) is 0 Å². The third-order valence-corrected chi connectivity index (χ3v) is 12.0. The maximum absolute atomic E-state index is 6.55. The van der Waals surface area contributed by atoms with Gasteiger partial charge in [0.05, 0.1) is 28.1 Å². The summed E-state index contributed by atoms with van der Waals surface area (Å²) >= 11 is 0. The van der Waals surface area contributed by atoms with Gasteiger partial charge in [-0.3, -0.25) is 15.3 Å². The highest BCUT2D eigenvalue weighted by Gasteiger charge is 2.40. The molecule has 0 saturated heterocycles. The van der Waals surface area contributed by atoms with Gasteiger partial charge < -0.3 is 5.73 Å². The highest BCUT2D eigenvalue weighted by Crippen LogP contribution is 2.46. The third kappa shape index (κ3) is 6.25. The van der Waals surface area contributed by atoms with Gasteiger partial charge in [-0.25, -0.2) is 9.97 Å². The zero-order chi connectivity index (χ0) is 37.6. The molecule has 6 heteroatoms. The summed E-state index contributed by atoms with van der Waals surface area (Å²) in [4.78, 5) is 19.8. The van der Waals surface area contributed by atoms with Gasteiger partial charge in [-0.15, -0.1) is 0 Å². The minimum Gasteiger partial charge on any atom is -0.329 e. The molecule has 3 N–H and O–H groups in total.